The third-order valence-electron chi connectivity index (χ3n) is 5.40. The minimum Gasteiger partial charge on any atom is -0.482 e. The molecule has 0 fully saturated rings. The molecule has 0 saturated carbocycles. The van der Waals surface area contributed by atoms with Gasteiger partial charge in [0.2, 0.25) is 0 Å². The van der Waals surface area contributed by atoms with Crippen molar-refractivity contribution in [1.82, 2.24) is 0 Å². The number of fused-ring (bicyclic) bond motifs is 1. The summed E-state index contributed by atoms with van der Waals surface area (Å²) in [7, 11) is 2.37. The average Bonchev–Trinajstić information content (AvgIpc) is 2.86. The van der Waals surface area contributed by atoms with Crippen LogP contribution in [0.15, 0.2) is 30.4 Å². The Labute approximate surface area is 208 Å². The van der Waals surface area contributed by atoms with E-state index in [1.54, 1.807) is 13.8 Å². The summed E-state index contributed by atoms with van der Waals surface area (Å²) < 4.78 is 25.7. The van der Waals surface area contributed by atoms with Crippen molar-refractivity contribution in [3.05, 3.63) is 41.5 Å². The fraction of sp³-hybridized carbons (Fsp3) is 0.440. The molecule has 1 aromatic carbocycles. The number of hydrogen-bond donors (Lipinski definition) is 2. The summed E-state index contributed by atoms with van der Waals surface area (Å²) in [4.78, 5) is 48.6. The van der Waals surface area contributed by atoms with Gasteiger partial charge in [0.25, 0.3) is 0 Å². The van der Waals surface area contributed by atoms with Crippen molar-refractivity contribution in [2.45, 2.75) is 38.6 Å². The summed E-state index contributed by atoms with van der Waals surface area (Å²) >= 11 is 0. The van der Waals surface area contributed by atoms with Crippen molar-refractivity contribution >= 4 is 29.8 Å². The largest absolute Gasteiger partial charge is 0.482 e. The lowest BCUT2D eigenvalue weighted by atomic mass is 9.99. The maximum Gasteiger partial charge on any atom is 0.343 e. The number of carbonyl (C=O) groups is 4. The van der Waals surface area contributed by atoms with Gasteiger partial charge in [-0.2, -0.15) is 0 Å². The van der Waals surface area contributed by atoms with Crippen LogP contribution in [-0.2, 0) is 28.6 Å². The predicted octanol–water partition coefficient (Wildman–Crippen LogP) is 1.24. The molecule has 0 saturated heterocycles. The van der Waals surface area contributed by atoms with E-state index in [1.807, 2.05) is 0 Å². The van der Waals surface area contributed by atoms with Crippen LogP contribution in [-0.4, -0.2) is 79.6 Å². The molecule has 4 atom stereocenters. The minimum atomic E-state index is -1.65. The number of aliphatic hydroxyl groups is 2. The third kappa shape index (κ3) is 7.92. The molecule has 11 heteroatoms. The van der Waals surface area contributed by atoms with E-state index in [2.05, 4.69) is 9.47 Å². The van der Waals surface area contributed by atoms with E-state index < -0.39 is 61.1 Å². The number of aliphatic hydroxyl groups excluding tert-OH is 2. The highest BCUT2D eigenvalue weighted by atomic mass is 16.6. The monoisotopic (exact) mass is 506 g/mol. The molecular formula is C25H30O11. The van der Waals surface area contributed by atoms with Gasteiger partial charge in [0.05, 0.1) is 20.3 Å². The summed E-state index contributed by atoms with van der Waals surface area (Å²) in [5.74, 6) is -3.22. The molecule has 0 spiro atoms. The second kappa shape index (κ2) is 13.4. The van der Waals surface area contributed by atoms with Crippen molar-refractivity contribution < 1.29 is 53.1 Å². The Hall–Kier alpha value is -3.70. The van der Waals surface area contributed by atoms with Crippen molar-refractivity contribution in [2.24, 2.45) is 5.92 Å². The number of carbonyl (C=O) groups excluding carboxylic acids is 4. The van der Waals surface area contributed by atoms with E-state index in [4.69, 9.17) is 14.2 Å². The summed E-state index contributed by atoms with van der Waals surface area (Å²) in [5.41, 5.74) is 0.162. The Kier molecular flexibility index (Phi) is 10.6. The van der Waals surface area contributed by atoms with Crippen LogP contribution in [0.4, 0.5) is 0 Å². The molecular weight excluding hydrogens is 476 g/mol. The SMILES string of the molecule is COC(=O)COc1cc2c(c(OCC(=O)OC)c1)C(=O)O[C@@H](C)[C@H](C)/C=C\C(=O)[C@@H](O)[C@@H](O)C/C=C/2. The van der Waals surface area contributed by atoms with Crippen LogP contribution in [0.1, 0.15) is 36.2 Å². The van der Waals surface area contributed by atoms with E-state index in [0.717, 1.165) is 6.08 Å². The quantitative estimate of drug-likeness (QED) is 0.423. The first-order valence-electron chi connectivity index (χ1n) is 11.1. The molecule has 1 aromatic rings. The molecule has 0 unspecified atom stereocenters. The van der Waals surface area contributed by atoms with Crippen molar-refractivity contribution in [3.63, 3.8) is 0 Å². The molecule has 0 aliphatic carbocycles. The third-order valence-corrected chi connectivity index (χ3v) is 5.40. The average molecular weight is 507 g/mol. The van der Waals surface area contributed by atoms with Crippen molar-refractivity contribution in [3.8, 4) is 11.5 Å². The molecule has 0 amide bonds. The summed E-state index contributed by atoms with van der Waals surface area (Å²) in [6, 6.07) is 2.74. The smallest absolute Gasteiger partial charge is 0.343 e. The lowest BCUT2D eigenvalue weighted by Crippen LogP contribution is -2.32. The van der Waals surface area contributed by atoms with Crippen LogP contribution >= 0.6 is 0 Å². The molecule has 0 radical (unpaired) electrons. The first-order chi connectivity index (χ1) is 17.1. The van der Waals surface area contributed by atoms with Gasteiger partial charge in [-0.1, -0.05) is 25.2 Å². The number of cyclic esters (lactones) is 1. The van der Waals surface area contributed by atoms with E-state index in [9.17, 15) is 29.4 Å². The number of methoxy groups -OCH3 is 2. The standard InChI is InChI=1S/C25H30O11/c1-14-8-9-19(27)24(30)18(26)7-5-6-16-10-17(34-12-21(28)32-3)11-20(35-13-22(29)33-4)23(16)25(31)36-15(14)2/h5-6,8-11,14-15,18,24,26,30H,7,12-13H2,1-4H3/b6-5+,9-8-/t14-,15+,18+,24+/m1/s1. The fourth-order valence-corrected chi connectivity index (χ4v) is 3.04. The molecule has 1 aliphatic rings. The zero-order valence-electron chi connectivity index (χ0n) is 20.5. The number of rotatable bonds is 6. The normalized spacial score (nSPS) is 24.4. The Bertz CT molecular complexity index is 1030. The highest BCUT2D eigenvalue weighted by Crippen LogP contribution is 2.32. The molecule has 1 aliphatic heterocycles. The first kappa shape index (κ1) is 28.5. The van der Waals surface area contributed by atoms with Gasteiger partial charge in [0.1, 0.15) is 29.3 Å². The highest BCUT2D eigenvalue weighted by molar-refractivity contribution is 5.97. The zero-order valence-corrected chi connectivity index (χ0v) is 20.5. The van der Waals surface area contributed by atoms with Gasteiger partial charge in [-0.25, -0.2) is 14.4 Å². The van der Waals surface area contributed by atoms with Crippen LogP contribution < -0.4 is 9.47 Å². The minimum absolute atomic E-state index is 0.0493. The zero-order chi connectivity index (χ0) is 26.8. The molecule has 0 bridgehead atoms. The van der Waals surface area contributed by atoms with Gasteiger partial charge in [0, 0.05) is 12.0 Å². The second-order valence-electron chi connectivity index (χ2n) is 8.00. The molecule has 11 nitrogen and oxygen atoms in total. The molecule has 0 aromatic heterocycles. The topological polar surface area (TPSA) is 155 Å². The van der Waals surface area contributed by atoms with Gasteiger partial charge in [-0.05, 0) is 31.1 Å². The number of hydrogen-bond acceptors (Lipinski definition) is 11. The van der Waals surface area contributed by atoms with Gasteiger partial charge < -0.3 is 33.9 Å². The summed E-state index contributed by atoms with van der Waals surface area (Å²) in [6.07, 6.45) is 1.59. The van der Waals surface area contributed by atoms with E-state index >= 15 is 0 Å². The van der Waals surface area contributed by atoms with Crippen LogP contribution in [0.25, 0.3) is 6.08 Å². The Morgan fingerprint density at radius 1 is 1.00 bits per heavy atom. The highest BCUT2D eigenvalue weighted by Gasteiger charge is 2.26. The molecule has 36 heavy (non-hydrogen) atoms. The lowest BCUT2D eigenvalue weighted by Gasteiger charge is -2.21. The maximum absolute atomic E-state index is 13.2. The fourth-order valence-electron chi connectivity index (χ4n) is 3.04. The Balaban J connectivity index is 2.59. The van der Waals surface area contributed by atoms with Crippen LogP contribution in [0.2, 0.25) is 0 Å². The number of esters is 3. The first-order valence-corrected chi connectivity index (χ1v) is 11.1. The van der Waals surface area contributed by atoms with E-state index in [-0.39, 0.29) is 29.0 Å². The van der Waals surface area contributed by atoms with Gasteiger partial charge >= 0.3 is 17.9 Å². The summed E-state index contributed by atoms with van der Waals surface area (Å²) in [6.45, 7) is 2.36. The van der Waals surface area contributed by atoms with E-state index in [0.29, 0.717) is 0 Å². The lowest BCUT2D eigenvalue weighted by molar-refractivity contribution is -0.143. The molecule has 2 N–H and O–H groups in total. The molecule has 196 valence electrons. The Morgan fingerprint density at radius 3 is 2.28 bits per heavy atom. The number of ketones is 1. The molecule has 1 heterocycles. The Morgan fingerprint density at radius 2 is 1.64 bits per heavy atom. The van der Waals surface area contributed by atoms with Gasteiger partial charge in [-0.3, -0.25) is 4.79 Å². The molecule has 2 rings (SSSR count). The van der Waals surface area contributed by atoms with Gasteiger partial charge in [0.15, 0.2) is 19.0 Å². The van der Waals surface area contributed by atoms with Crippen LogP contribution in [0.3, 0.4) is 0 Å². The van der Waals surface area contributed by atoms with Crippen molar-refractivity contribution in [2.75, 3.05) is 27.4 Å². The maximum atomic E-state index is 13.2. The second-order valence-corrected chi connectivity index (χ2v) is 8.00. The van der Waals surface area contributed by atoms with Crippen molar-refractivity contribution in [1.29, 1.82) is 0 Å². The summed E-state index contributed by atoms with van der Waals surface area (Å²) in [5, 5.41) is 20.4. The van der Waals surface area contributed by atoms with Gasteiger partial charge in [-0.15, -0.1) is 0 Å². The van der Waals surface area contributed by atoms with E-state index in [1.165, 1.54) is 44.6 Å². The van der Waals surface area contributed by atoms with Crippen LogP contribution in [0, 0.1) is 5.92 Å². The number of ether oxygens (including phenoxy) is 5. The van der Waals surface area contributed by atoms with Crippen LogP contribution in [0.5, 0.6) is 11.5 Å². The number of benzene rings is 1. The predicted molar refractivity (Wildman–Crippen MR) is 125 cm³/mol.